The van der Waals surface area contributed by atoms with Crippen LogP contribution in [0.15, 0.2) is 0 Å². The number of carboxylic acids is 1. The van der Waals surface area contributed by atoms with Crippen LogP contribution in [0, 0.1) is 0 Å². The van der Waals surface area contributed by atoms with Crippen LogP contribution in [0.5, 0.6) is 0 Å². The maximum absolute atomic E-state index is 12.0. The first-order valence-electron chi connectivity index (χ1n) is 8.69. The Balaban J connectivity index is 3.66. The van der Waals surface area contributed by atoms with Crippen molar-refractivity contribution in [2.75, 3.05) is 33.0 Å². The fraction of sp³-hybridized carbons (Fsp3) is 0.824. The Kier molecular flexibility index (Phi) is 14.5. The third-order valence-corrected chi connectivity index (χ3v) is 4.40. The van der Waals surface area contributed by atoms with Crippen LogP contribution >= 0.6 is 11.8 Å². The molecular formula is C17H31NO6S. The average Bonchev–Trinajstić information content (AvgIpc) is 2.54. The van der Waals surface area contributed by atoms with E-state index in [1.807, 2.05) is 20.8 Å². The molecule has 2 N–H and O–H groups in total. The third kappa shape index (κ3) is 14.9. The number of amides is 1. The molecular weight excluding hydrogens is 346 g/mol. The van der Waals surface area contributed by atoms with Gasteiger partial charge in [0.2, 0.25) is 5.91 Å². The van der Waals surface area contributed by atoms with Crippen LogP contribution < -0.4 is 5.32 Å². The minimum absolute atomic E-state index is 0.178. The van der Waals surface area contributed by atoms with Gasteiger partial charge in [-0.15, -0.1) is 11.8 Å². The maximum Gasteiger partial charge on any atom is 0.305 e. The summed E-state index contributed by atoms with van der Waals surface area (Å²) in [5, 5.41) is 11.2. The number of rotatable bonds is 16. The topological polar surface area (TPSA) is 102 Å². The molecule has 8 heteroatoms. The molecule has 0 saturated carbocycles. The summed E-state index contributed by atoms with van der Waals surface area (Å²) in [7, 11) is 0. The first-order chi connectivity index (χ1) is 11.9. The molecule has 0 aromatic heterocycles. The fourth-order valence-corrected chi connectivity index (χ4v) is 2.98. The second kappa shape index (κ2) is 15.2. The Bertz CT molecular complexity index is 403. The molecule has 1 atom stereocenters. The number of hydrogen-bond donors (Lipinski definition) is 2. The van der Waals surface area contributed by atoms with E-state index in [-0.39, 0.29) is 23.4 Å². The van der Waals surface area contributed by atoms with Crippen molar-refractivity contribution in [1.29, 1.82) is 0 Å². The largest absolute Gasteiger partial charge is 0.481 e. The van der Waals surface area contributed by atoms with Crippen molar-refractivity contribution in [3.8, 4) is 0 Å². The Labute approximate surface area is 154 Å². The highest BCUT2D eigenvalue weighted by Gasteiger charge is 2.22. The number of aliphatic carboxylic acids is 1. The number of Topliss-reactive ketones (excluding diaryl/α,β-unsaturated/α-hetero) is 1. The van der Waals surface area contributed by atoms with Crippen LogP contribution in [0.1, 0.15) is 46.5 Å². The summed E-state index contributed by atoms with van der Waals surface area (Å²) >= 11 is 1.35. The fourth-order valence-electron chi connectivity index (χ4n) is 1.87. The standard InChI is InChI=1S/C17H31NO6S/c1-4-14(19)6-9-24-11-10-23-8-5-7-18-17(22)15(12-16(20)21)25-13(2)3/h13,15H,4-12H2,1-3H3,(H,18,22)(H,20,21). The van der Waals surface area contributed by atoms with Crippen molar-refractivity contribution < 1.29 is 29.0 Å². The van der Waals surface area contributed by atoms with Gasteiger partial charge in [-0.2, -0.15) is 0 Å². The minimum atomic E-state index is -0.975. The lowest BCUT2D eigenvalue weighted by atomic mass is 10.2. The SMILES string of the molecule is CCC(=O)CCOCCOCCCNC(=O)C(CC(=O)O)SC(C)C. The molecule has 0 radical (unpaired) electrons. The molecule has 7 nitrogen and oxygen atoms in total. The summed E-state index contributed by atoms with van der Waals surface area (Å²) in [4.78, 5) is 33.9. The molecule has 0 aromatic carbocycles. The van der Waals surface area contributed by atoms with Gasteiger partial charge in [-0.05, 0) is 11.7 Å². The van der Waals surface area contributed by atoms with Crippen LogP contribution in [-0.2, 0) is 23.9 Å². The molecule has 0 fully saturated rings. The minimum Gasteiger partial charge on any atom is -0.481 e. The van der Waals surface area contributed by atoms with Crippen LogP contribution in [0.25, 0.3) is 0 Å². The second-order valence-electron chi connectivity index (χ2n) is 5.78. The Hall–Kier alpha value is -1.12. The van der Waals surface area contributed by atoms with Gasteiger partial charge in [-0.3, -0.25) is 14.4 Å². The summed E-state index contributed by atoms with van der Waals surface area (Å²) < 4.78 is 10.7. The van der Waals surface area contributed by atoms with Gasteiger partial charge >= 0.3 is 5.97 Å². The molecule has 1 amide bonds. The van der Waals surface area contributed by atoms with Gasteiger partial charge in [0, 0.05) is 26.0 Å². The van der Waals surface area contributed by atoms with E-state index in [1.54, 1.807) is 0 Å². The predicted octanol–water partition coefficient (Wildman–Crippen LogP) is 1.88. The summed E-state index contributed by atoms with van der Waals surface area (Å²) in [6, 6.07) is 0. The van der Waals surface area contributed by atoms with Gasteiger partial charge in [0.05, 0.1) is 31.5 Å². The number of nitrogens with one attached hydrogen (secondary N) is 1. The van der Waals surface area contributed by atoms with E-state index in [9.17, 15) is 14.4 Å². The summed E-state index contributed by atoms with van der Waals surface area (Å²) in [5.41, 5.74) is 0. The van der Waals surface area contributed by atoms with E-state index in [0.29, 0.717) is 52.2 Å². The van der Waals surface area contributed by atoms with Crippen molar-refractivity contribution in [1.82, 2.24) is 5.32 Å². The van der Waals surface area contributed by atoms with Crippen LogP contribution in [-0.4, -0.2) is 66.2 Å². The zero-order chi connectivity index (χ0) is 19.1. The molecule has 1 unspecified atom stereocenters. The highest BCUT2D eigenvalue weighted by molar-refractivity contribution is 8.01. The number of carboxylic acid groups (broad SMARTS) is 1. The molecule has 0 spiro atoms. The van der Waals surface area contributed by atoms with Crippen LogP contribution in [0.4, 0.5) is 0 Å². The summed E-state index contributed by atoms with van der Waals surface area (Å²) in [5.74, 6) is -1.03. The van der Waals surface area contributed by atoms with Gasteiger partial charge in [0.15, 0.2) is 0 Å². The highest BCUT2D eigenvalue weighted by atomic mass is 32.2. The predicted molar refractivity (Wildman–Crippen MR) is 97.9 cm³/mol. The van der Waals surface area contributed by atoms with E-state index < -0.39 is 11.2 Å². The number of hydrogen-bond acceptors (Lipinski definition) is 6. The lowest BCUT2D eigenvalue weighted by Gasteiger charge is -2.16. The first kappa shape index (κ1) is 23.9. The van der Waals surface area contributed by atoms with Gasteiger partial charge in [-0.1, -0.05) is 20.8 Å². The quantitative estimate of drug-likeness (QED) is 0.396. The molecule has 146 valence electrons. The number of carbonyl (C=O) groups is 3. The Morgan fingerprint density at radius 2 is 1.72 bits per heavy atom. The zero-order valence-corrected chi connectivity index (χ0v) is 16.2. The lowest BCUT2D eigenvalue weighted by molar-refractivity contribution is -0.138. The van der Waals surface area contributed by atoms with Gasteiger partial charge < -0.3 is 19.9 Å². The summed E-state index contributed by atoms with van der Waals surface area (Å²) in [6.45, 7) is 7.92. The van der Waals surface area contributed by atoms with Crippen molar-refractivity contribution in [2.45, 2.75) is 57.0 Å². The van der Waals surface area contributed by atoms with E-state index in [2.05, 4.69) is 5.32 Å². The molecule has 0 heterocycles. The molecule has 0 aliphatic carbocycles. The van der Waals surface area contributed by atoms with Crippen molar-refractivity contribution >= 4 is 29.4 Å². The van der Waals surface area contributed by atoms with E-state index in [1.165, 1.54) is 11.8 Å². The number of carbonyl (C=O) groups excluding carboxylic acids is 2. The average molecular weight is 378 g/mol. The van der Waals surface area contributed by atoms with E-state index in [4.69, 9.17) is 14.6 Å². The van der Waals surface area contributed by atoms with Gasteiger partial charge in [-0.25, -0.2) is 0 Å². The van der Waals surface area contributed by atoms with Gasteiger partial charge in [0.1, 0.15) is 5.78 Å². The Morgan fingerprint density at radius 3 is 2.28 bits per heavy atom. The molecule has 0 saturated heterocycles. The summed E-state index contributed by atoms with van der Waals surface area (Å²) in [6.07, 6.45) is 1.44. The van der Waals surface area contributed by atoms with Crippen molar-refractivity contribution in [3.63, 3.8) is 0 Å². The monoisotopic (exact) mass is 377 g/mol. The maximum atomic E-state index is 12.0. The third-order valence-electron chi connectivity index (χ3n) is 3.15. The number of ether oxygens (including phenoxy) is 2. The zero-order valence-electron chi connectivity index (χ0n) is 15.4. The Morgan fingerprint density at radius 1 is 1.08 bits per heavy atom. The highest BCUT2D eigenvalue weighted by Crippen LogP contribution is 2.20. The number of ketones is 1. The molecule has 0 aromatic rings. The molecule has 0 aliphatic heterocycles. The van der Waals surface area contributed by atoms with Crippen LogP contribution in [0.2, 0.25) is 0 Å². The normalized spacial score (nSPS) is 12.2. The van der Waals surface area contributed by atoms with Crippen LogP contribution in [0.3, 0.4) is 0 Å². The van der Waals surface area contributed by atoms with Crippen molar-refractivity contribution in [2.24, 2.45) is 0 Å². The van der Waals surface area contributed by atoms with E-state index >= 15 is 0 Å². The molecule has 0 rings (SSSR count). The lowest BCUT2D eigenvalue weighted by Crippen LogP contribution is -2.35. The first-order valence-corrected chi connectivity index (χ1v) is 9.63. The molecule has 0 bridgehead atoms. The number of thioether (sulfide) groups is 1. The molecule has 0 aliphatic rings. The van der Waals surface area contributed by atoms with E-state index in [0.717, 1.165) is 0 Å². The van der Waals surface area contributed by atoms with Gasteiger partial charge in [0.25, 0.3) is 0 Å². The second-order valence-corrected chi connectivity index (χ2v) is 7.57. The molecule has 25 heavy (non-hydrogen) atoms. The smallest absolute Gasteiger partial charge is 0.305 e. The van der Waals surface area contributed by atoms with Crippen molar-refractivity contribution in [3.05, 3.63) is 0 Å².